The highest BCUT2D eigenvalue weighted by Gasteiger charge is 2.23. The molecule has 0 bridgehead atoms. The summed E-state index contributed by atoms with van der Waals surface area (Å²) < 4.78 is 5.41. The minimum Gasteiger partial charge on any atom is -0.496 e. The molecule has 0 saturated heterocycles. The maximum atomic E-state index is 12.6. The number of carbonyl (C=O) groups excluding carboxylic acids is 1. The van der Waals surface area contributed by atoms with Crippen LogP contribution in [-0.4, -0.2) is 28.7 Å². The molecular formula is C29H26N4O2S2. The number of methoxy groups -OCH3 is 1. The predicted octanol–water partition coefficient (Wildman–Crippen LogP) is 6.48. The summed E-state index contributed by atoms with van der Waals surface area (Å²) in [5, 5.41) is 15.8. The van der Waals surface area contributed by atoms with E-state index in [0.717, 1.165) is 47.5 Å². The van der Waals surface area contributed by atoms with Crippen molar-refractivity contribution in [2.24, 2.45) is 0 Å². The van der Waals surface area contributed by atoms with Crippen LogP contribution in [0.3, 0.4) is 0 Å². The van der Waals surface area contributed by atoms with Gasteiger partial charge in [0.1, 0.15) is 16.8 Å². The number of benzene rings is 2. The van der Waals surface area contributed by atoms with Crippen molar-refractivity contribution in [3.05, 3.63) is 88.4 Å². The number of hydrogen-bond donors (Lipinski definition) is 1. The number of fused-ring (bicyclic) bond motifs is 1. The van der Waals surface area contributed by atoms with E-state index in [-0.39, 0.29) is 5.91 Å². The average Bonchev–Trinajstić information content (AvgIpc) is 3.40. The number of aryl methyl sites for hydroxylation is 1. The third-order valence-corrected chi connectivity index (χ3v) is 8.20. The second kappa shape index (κ2) is 11.6. The fourth-order valence-electron chi connectivity index (χ4n) is 4.58. The van der Waals surface area contributed by atoms with Gasteiger partial charge in [0.2, 0.25) is 5.91 Å². The number of aromatic nitrogens is 2. The Morgan fingerprint density at radius 1 is 1.19 bits per heavy atom. The standard InChI is InChI=1S/C29H26N4O2S2/c1-35-26-10-6-5-9-23(26)25-18-37-29(32-25)33-27(34)13-14-36-28-22(17-30)16-21-15-20(11-12-24(21)31-28)19-7-3-2-4-8-19/h2-10,16,18,20H,11-15H2,1H3,(H,32,33,34). The fraction of sp³-hybridized carbons (Fsp3) is 0.241. The van der Waals surface area contributed by atoms with E-state index in [1.165, 1.54) is 28.7 Å². The Labute approximate surface area is 224 Å². The van der Waals surface area contributed by atoms with Crippen LogP contribution in [0.25, 0.3) is 11.3 Å². The van der Waals surface area contributed by atoms with Crippen LogP contribution in [0.1, 0.15) is 41.1 Å². The Morgan fingerprint density at radius 3 is 2.81 bits per heavy atom. The van der Waals surface area contributed by atoms with Crippen molar-refractivity contribution in [2.45, 2.75) is 36.6 Å². The number of nitrogens with zero attached hydrogens (tertiary/aromatic N) is 3. The number of amides is 1. The lowest BCUT2D eigenvalue weighted by Gasteiger charge is -2.25. The zero-order chi connectivity index (χ0) is 25.6. The summed E-state index contributed by atoms with van der Waals surface area (Å²) in [5.74, 6) is 1.61. The van der Waals surface area contributed by atoms with Gasteiger partial charge >= 0.3 is 0 Å². The molecule has 8 heteroatoms. The van der Waals surface area contributed by atoms with Gasteiger partial charge in [0.25, 0.3) is 0 Å². The Bertz CT molecular complexity index is 1450. The molecule has 6 nitrogen and oxygen atoms in total. The predicted molar refractivity (Wildman–Crippen MR) is 148 cm³/mol. The molecule has 0 fully saturated rings. The van der Waals surface area contributed by atoms with Crippen molar-refractivity contribution in [1.29, 1.82) is 5.26 Å². The number of nitrogens with one attached hydrogen (secondary N) is 1. The fourth-order valence-corrected chi connectivity index (χ4v) is 6.22. The van der Waals surface area contributed by atoms with Crippen LogP contribution in [0.2, 0.25) is 0 Å². The van der Waals surface area contributed by atoms with Crippen LogP contribution in [0.4, 0.5) is 5.13 Å². The molecule has 1 N–H and O–H groups in total. The number of pyridine rings is 1. The van der Waals surface area contributed by atoms with Gasteiger partial charge in [-0.2, -0.15) is 5.26 Å². The Balaban J connectivity index is 1.18. The first-order chi connectivity index (χ1) is 18.1. The summed E-state index contributed by atoms with van der Waals surface area (Å²) in [6.07, 6.45) is 3.15. The van der Waals surface area contributed by atoms with Gasteiger partial charge in [-0.25, -0.2) is 9.97 Å². The highest BCUT2D eigenvalue weighted by Crippen LogP contribution is 2.35. The minimum absolute atomic E-state index is 0.115. The molecule has 1 aliphatic carbocycles. The third-order valence-electron chi connectivity index (χ3n) is 6.44. The quantitative estimate of drug-likeness (QED) is 0.265. The minimum atomic E-state index is -0.115. The number of para-hydroxylation sites is 1. The number of rotatable bonds is 8. The van der Waals surface area contributed by atoms with Crippen LogP contribution in [0.15, 0.2) is 71.1 Å². The molecular weight excluding hydrogens is 500 g/mol. The third kappa shape index (κ3) is 5.85. The molecule has 1 aliphatic rings. The number of carbonyl (C=O) groups is 1. The van der Waals surface area contributed by atoms with Crippen molar-refractivity contribution in [3.63, 3.8) is 0 Å². The first-order valence-corrected chi connectivity index (χ1v) is 14.0. The van der Waals surface area contributed by atoms with E-state index >= 15 is 0 Å². The summed E-state index contributed by atoms with van der Waals surface area (Å²) in [6, 6.07) is 22.5. The molecule has 2 aromatic carbocycles. The van der Waals surface area contributed by atoms with Gasteiger partial charge in [-0.1, -0.05) is 42.5 Å². The molecule has 0 radical (unpaired) electrons. The van der Waals surface area contributed by atoms with Crippen molar-refractivity contribution in [3.8, 4) is 23.1 Å². The monoisotopic (exact) mass is 526 g/mol. The maximum absolute atomic E-state index is 12.6. The molecule has 1 atom stereocenters. The molecule has 4 aromatic rings. The number of hydrogen-bond acceptors (Lipinski definition) is 7. The van der Waals surface area contributed by atoms with Gasteiger partial charge in [-0.3, -0.25) is 4.79 Å². The molecule has 5 rings (SSSR count). The van der Waals surface area contributed by atoms with E-state index in [2.05, 4.69) is 40.6 Å². The van der Waals surface area contributed by atoms with Crippen molar-refractivity contribution >= 4 is 34.1 Å². The van der Waals surface area contributed by atoms with Gasteiger partial charge in [0, 0.05) is 28.8 Å². The second-order valence-corrected chi connectivity index (χ2v) is 10.7. The normalized spacial score (nSPS) is 14.4. The molecule has 0 saturated carbocycles. The van der Waals surface area contributed by atoms with E-state index in [9.17, 15) is 10.1 Å². The molecule has 0 aliphatic heterocycles. The largest absolute Gasteiger partial charge is 0.496 e. The lowest BCUT2D eigenvalue weighted by molar-refractivity contribution is -0.115. The second-order valence-electron chi connectivity index (χ2n) is 8.79. The molecule has 2 heterocycles. The maximum Gasteiger partial charge on any atom is 0.226 e. The van der Waals surface area contributed by atoms with Crippen LogP contribution in [0, 0.1) is 11.3 Å². The number of nitriles is 1. The number of thioether (sulfide) groups is 1. The van der Waals surface area contributed by atoms with Gasteiger partial charge in [0.15, 0.2) is 5.13 Å². The first kappa shape index (κ1) is 25.0. The SMILES string of the molecule is COc1ccccc1-c1csc(NC(=O)CCSc2nc3c(cc2C#N)CC(c2ccccc2)CC3)n1. The van der Waals surface area contributed by atoms with Gasteiger partial charge in [-0.05, 0) is 54.5 Å². The Morgan fingerprint density at radius 2 is 2.00 bits per heavy atom. The van der Waals surface area contributed by atoms with Gasteiger partial charge < -0.3 is 10.1 Å². The molecule has 0 spiro atoms. The summed E-state index contributed by atoms with van der Waals surface area (Å²) in [7, 11) is 1.63. The summed E-state index contributed by atoms with van der Waals surface area (Å²) in [4.78, 5) is 21.9. The number of ether oxygens (including phenoxy) is 1. The molecule has 1 amide bonds. The van der Waals surface area contributed by atoms with E-state index in [4.69, 9.17) is 9.72 Å². The topological polar surface area (TPSA) is 87.9 Å². The van der Waals surface area contributed by atoms with Crippen LogP contribution in [0.5, 0.6) is 5.75 Å². The zero-order valence-electron chi connectivity index (χ0n) is 20.4. The molecule has 2 aromatic heterocycles. The summed E-state index contributed by atoms with van der Waals surface area (Å²) >= 11 is 2.84. The smallest absolute Gasteiger partial charge is 0.226 e. The van der Waals surface area contributed by atoms with Crippen molar-refractivity contribution in [2.75, 3.05) is 18.2 Å². The van der Waals surface area contributed by atoms with Crippen LogP contribution < -0.4 is 10.1 Å². The number of thiazole rings is 1. The highest BCUT2D eigenvalue weighted by molar-refractivity contribution is 7.99. The van der Waals surface area contributed by atoms with Crippen molar-refractivity contribution < 1.29 is 9.53 Å². The summed E-state index contributed by atoms with van der Waals surface area (Å²) in [6.45, 7) is 0. The average molecular weight is 527 g/mol. The Kier molecular flexibility index (Phi) is 7.83. The lowest BCUT2D eigenvalue weighted by Crippen LogP contribution is -2.15. The lowest BCUT2D eigenvalue weighted by atomic mass is 9.82. The highest BCUT2D eigenvalue weighted by atomic mass is 32.2. The zero-order valence-corrected chi connectivity index (χ0v) is 22.1. The Hall–Kier alpha value is -3.67. The molecule has 186 valence electrons. The van der Waals surface area contributed by atoms with E-state index in [1.54, 1.807) is 7.11 Å². The van der Waals surface area contributed by atoms with Gasteiger partial charge in [-0.15, -0.1) is 23.1 Å². The van der Waals surface area contributed by atoms with Crippen LogP contribution >= 0.6 is 23.1 Å². The number of anilines is 1. The van der Waals surface area contributed by atoms with Crippen LogP contribution in [-0.2, 0) is 17.6 Å². The van der Waals surface area contributed by atoms with Gasteiger partial charge in [0.05, 0.1) is 18.4 Å². The molecule has 1 unspecified atom stereocenters. The summed E-state index contributed by atoms with van der Waals surface area (Å²) in [5.41, 5.74) is 5.80. The van der Waals surface area contributed by atoms with E-state index in [0.29, 0.717) is 33.8 Å². The van der Waals surface area contributed by atoms with Crippen molar-refractivity contribution in [1.82, 2.24) is 9.97 Å². The first-order valence-electron chi connectivity index (χ1n) is 12.1. The van der Waals surface area contributed by atoms with E-state index < -0.39 is 0 Å². The van der Waals surface area contributed by atoms with E-state index in [1.807, 2.05) is 41.8 Å². The molecule has 37 heavy (non-hydrogen) atoms.